The number of imidazole rings is 1. The van der Waals surface area contributed by atoms with Crippen molar-refractivity contribution in [1.82, 2.24) is 9.55 Å². The molecule has 0 aliphatic carbocycles. The van der Waals surface area contributed by atoms with Crippen LogP contribution in [-0.4, -0.2) is 15.7 Å². The number of alkyl halides is 2. The van der Waals surface area contributed by atoms with Gasteiger partial charge in [-0.3, -0.25) is 0 Å². The lowest BCUT2D eigenvalue weighted by molar-refractivity contribution is -0.191. The Labute approximate surface area is 151 Å². The summed E-state index contributed by atoms with van der Waals surface area (Å²) in [6.45, 7) is 3.64. The molecule has 0 saturated carbocycles. The fraction of sp³-hybridized carbons (Fsp3) is 0.375. The summed E-state index contributed by atoms with van der Waals surface area (Å²) in [5, 5.41) is 0. The normalized spacial score (nSPS) is 13.0. The van der Waals surface area contributed by atoms with Gasteiger partial charge >= 0.3 is 6.15 Å². The number of nitrogens with zero attached hydrogens (tertiary/aromatic N) is 2. The van der Waals surface area contributed by atoms with E-state index in [1.165, 1.54) is 12.3 Å². The highest BCUT2D eigenvalue weighted by atomic mass is 79.9. The first-order chi connectivity index (χ1) is 11.7. The molecule has 9 heteroatoms. The highest BCUT2D eigenvalue weighted by Crippen LogP contribution is 2.28. The monoisotopic (exact) mass is 419 g/mol. The van der Waals surface area contributed by atoms with E-state index in [0.717, 1.165) is 0 Å². The summed E-state index contributed by atoms with van der Waals surface area (Å²) in [5.41, 5.74) is 5.22. The lowest BCUT2D eigenvalue weighted by atomic mass is 9.92. The van der Waals surface area contributed by atoms with E-state index in [9.17, 15) is 13.2 Å². The van der Waals surface area contributed by atoms with E-state index >= 15 is 0 Å². The van der Waals surface area contributed by atoms with Gasteiger partial charge in [-0.15, -0.1) is 0 Å². The topological polar surface area (TPSA) is 78.0 Å². The van der Waals surface area contributed by atoms with Crippen LogP contribution >= 0.6 is 15.9 Å². The van der Waals surface area contributed by atoms with Gasteiger partial charge in [0.1, 0.15) is 17.3 Å². The molecule has 0 saturated heterocycles. The van der Waals surface area contributed by atoms with Crippen molar-refractivity contribution < 1.29 is 22.8 Å². The van der Waals surface area contributed by atoms with E-state index in [2.05, 4.69) is 20.9 Å². The maximum atomic E-state index is 14.0. The van der Waals surface area contributed by atoms with E-state index in [1.54, 1.807) is 23.6 Å². The van der Waals surface area contributed by atoms with Crippen LogP contribution in [-0.2, 0) is 28.1 Å². The zero-order valence-electron chi connectivity index (χ0n) is 13.6. The van der Waals surface area contributed by atoms with Gasteiger partial charge in [0, 0.05) is 29.2 Å². The second kappa shape index (κ2) is 8.94. The number of carbonyl (C=O) groups excluding carboxylic acids is 2. The second-order valence-corrected chi connectivity index (χ2v) is 6.40. The summed E-state index contributed by atoms with van der Waals surface area (Å²) in [6, 6.07) is 4.51. The highest BCUT2D eigenvalue weighted by Gasteiger charge is 2.27. The van der Waals surface area contributed by atoms with Crippen LogP contribution in [0.5, 0.6) is 0 Å². The van der Waals surface area contributed by atoms with E-state index in [1.807, 2.05) is 6.92 Å². The van der Waals surface area contributed by atoms with Crippen LogP contribution in [0.25, 0.3) is 0 Å². The molecule has 0 amide bonds. The summed E-state index contributed by atoms with van der Waals surface area (Å²) in [4.78, 5) is 20.2. The molecule has 25 heavy (non-hydrogen) atoms. The first-order valence-electron chi connectivity index (χ1n) is 7.24. The van der Waals surface area contributed by atoms with Crippen molar-refractivity contribution in [3.05, 3.63) is 51.8 Å². The first-order valence-corrected chi connectivity index (χ1v) is 8.03. The third-order valence-corrected chi connectivity index (χ3v) is 3.95. The Bertz CT molecular complexity index is 757. The molecular formula is C16H17BrF3N3O2. The van der Waals surface area contributed by atoms with E-state index in [-0.39, 0.29) is 18.4 Å². The molecule has 0 aliphatic heterocycles. The zero-order chi connectivity index (χ0) is 19.2. The molecule has 1 unspecified atom stereocenters. The van der Waals surface area contributed by atoms with Crippen molar-refractivity contribution in [3.8, 4) is 0 Å². The fourth-order valence-corrected chi connectivity index (χ4v) is 2.74. The fourth-order valence-electron chi connectivity index (χ4n) is 2.37. The van der Waals surface area contributed by atoms with Gasteiger partial charge in [-0.1, -0.05) is 22.9 Å². The maximum absolute atomic E-state index is 14.0. The predicted molar refractivity (Wildman–Crippen MR) is 87.2 cm³/mol. The minimum atomic E-state index is -2.64. The molecule has 1 aromatic heterocycles. The molecule has 0 aliphatic rings. The Kier molecular flexibility index (Phi) is 7.54. The largest absolute Gasteiger partial charge is 0.373 e. The highest BCUT2D eigenvalue weighted by molar-refractivity contribution is 9.10. The minimum absolute atomic E-state index is 0.156. The van der Waals surface area contributed by atoms with Crippen molar-refractivity contribution in [3.63, 3.8) is 0 Å². The molecule has 2 rings (SSSR count). The average molecular weight is 420 g/mol. The summed E-state index contributed by atoms with van der Waals surface area (Å²) in [6.07, 6.45) is -0.618. The van der Waals surface area contributed by atoms with Crippen LogP contribution in [0.3, 0.4) is 0 Å². The van der Waals surface area contributed by atoms with Crippen LogP contribution in [0.15, 0.2) is 28.9 Å². The van der Waals surface area contributed by atoms with Gasteiger partial charge in [-0.05, 0) is 25.1 Å². The number of hydrogen-bond donors (Lipinski definition) is 1. The molecule has 0 radical (unpaired) electrons. The summed E-state index contributed by atoms with van der Waals surface area (Å²) in [5.74, 6) is 0.0721. The lowest BCUT2D eigenvalue weighted by Crippen LogP contribution is -2.39. The second-order valence-electron chi connectivity index (χ2n) is 5.49. The van der Waals surface area contributed by atoms with Crippen molar-refractivity contribution in [2.24, 2.45) is 5.73 Å². The van der Waals surface area contributed by atoms with Crippen LogP contribution in [0.2, 0.25) is 0 Å². The molecule has 5 nitrogen and oxygen atoms in total. The van der Waals surface area contributed by atoms with Crippen LogP contribution < -0.4 is 5.73 Å². The smallest absolute Gasteiger partial charge is 0.332 e. The molecule has 1 heterocycles. The minimum Gasteiger partial charge on any atom is -0.332 e. The Morgan fingerprint density at radius 1 is 1.40 bits per heavy atom. The van der Waals surface area contributed by atoms with Gasteiger partial charge in [0.15, 0.2) is 0 Å². The molecule has 0 spiro atoms. The molecule has 2 aromatic rings. The SMILES string of the molecule is CCc1nc(C(F)F)cn1CC(C)(N)c1cc(Br)ccc1F.O=C=O. The Balaban J connectivity index is 0.000000970. The quantitative estimate of drug-likeness (QED) is 0.803. The number of rotatable bonds is 5. The van der Waals surface area contributed by atoms with Crippen molar-refractivity contribution in [2.75, 3.05) is 0 Å². The predicted octanol–water partition coefficient (Wildman–Crippen LogP) is 3.58. The number of halogens is 4. The molecule has 1 atom stereocenters. The number of benzene rings is 1. The van der Waals surface area contributed by atoms with E-state index in [0.29, 0.717) is 22.3 Å². The van der Waals surface area contributed by atoms with Crippen molar-refractivity contribution in [1.29, 1.82) is 0 Å². The Morgan fingerprint density at radius 2 is 2.00 bits per heavy atom. The van der Waals surface area contributed by atoms with E-state index in [4.69, 9.17) is 15.3 Å². The third kappa shape index (κ3) is 5.52. The molecule has 0 bridgehead atoms. The first kappa shape index (κ1) is 21.1. The van der Waals surface area contributed by atoms with E-state index < -0.39 is 17.8 Å². The third-order valence-electron chi connectivity index (χ3n) is 3.46. The summed E-state index contributed by atoms with van der Waals surface area (Å²) < 4.78 is 41.9. The maximum Gasteiger partial charge on any atom is 0.373 e. The van der Waals surface area contributed by atoms with Crippen LogP contribution in [0.4, 0.5) is 13.2 Å². The van der Waals surface area contributed by atoms with Gasteiger partial charge in [-0.2, -0.15) is 9.59 Å². The summed E-state index contributed by atoms with van der Waals surface area (Å²) in [7, 11) is 0. The number of nitrogens with two attached hydrogens (primary N) is 1. The van der Waals surface area contributed by atoms with Gasteiger partial charge in [-0.25, -0.2) is 18.2 Å². The molecule has 136 valence electrons. The van der Waals surface area contributed by atoms with Crippen LogP contribution in [0.1, 0.15) is 37.4 Å². The number of hydrogen-bond acceptors (Lipinski definition) is 4. The summed E-state index contributed by atoms with van der Waals surface area (Å²) >= 11 is 3.28. The lowest BCUT2D eigenvalue weighted by Gasteiger charge is -2.27. The average Bonchev–Trinajstić information content (AvgIpc) is 2.93. The standard InChI is InChI=1S/C15H17BrF3N3.CO2/c1-3-13-21-12(14(18)19)7-22(13)8-15(2,20)10-6-9(16)4-5-11(10)17;2-1-3/h4-7,14H,3,8,20H2,1-2H3;. The van der Waals surface area contributed by atoms with Crippen LogP contribution in [0, 0.1) is 5.82 Å². The number of aryl methyl sites for hydroxylation is 1. The van der Waals surface area contributed by atoms with Crippen molar-refractivity contribution in [2.45, 2.75) is 38.8 Å². The van der Waals surface area contributed by atoms with Gasteiger partial charge in [0.2, 0.25) is 0 Å². The number of aromatic nitrogens is 2. The Morgan fingerprint density at radius 3 is 2.52 bits per heavy atom. The molecule has 2 N–H and O–H groups in total. The van der Waals surface area contributed by atoms with Gasteiger partial charge in [0.05, 0.1) is 5.54 Å². The Hall–Kier alpha value is -1.96. The van der Waals surface area contributed by atoms with Gasteiger partial charge in [0.25, 0.3) is 6.43 Å². The molecule has 1 aromatic carbocycles. The molecule has 0 fully saturated rings. The van der Waals surface area contributed by atoms with Crippen molar-refractivity contribution >= 4 is 22.1 Å². The van der Waals surface area contributed by atoms with Gasteiger partial charge < -0.3 is 10.3 Å². The molecular weight excluding hydrogens is 403 g/mol. The zero-order valence-corrected chi connectivity index (χ0v) is 15.2.